The third-order valence-corrected chi connectivity index (χ3v) is 11.4. The molecule has 4 saturated carbocycles. The van der Waals surface area contributed by atoms with Gasteiger partial charge in [-0.25, -0.2) is 0 Å². The number of esters is 2. The molecule has 5 nitrogen and oxygen atoms in total. The van der Waals surface area contributed by atoms with Gasteiger partial charge in [-0.05, 0) is 79.4 Å². The van der Waals surface area contributed by atoms with Gasteiger partial charge < -0.3 is 9.47 Å². The summed E-state index contributed by atoms with van der Waals surface area (Å²) in [6.45, 7) is 14.7. The standard InChI is InChI=1S/C31H50O5/c1-19(2)9-8-10-20(3)25-11-12-26-24-17-28(34)31(36-22(5)33)18-23(35-21(4)32)13-16-30(31,7)27(24)14-15-29(25,26)6/h19-20,23-27H,8-18H2,1-7H3/t20?,23-,24?,25?,26+,27+,29?,30?,31+/m1/s1. The second-order valence-corrected chi connectivity index (χ2v) is 13.8. The molecule has 0 bridgehead atoms. The van der Waals surface area contributed by atoms with Crippen molar-refractivity contribution in [3.05, 3.63) is 0 Å². The van der Waals surface area contributed by atoms with Crippen molar-refractivity contribution in [3.8, 4) is 0 Å². The summed E-state index contributed by atoms with van der Waals surface area (Å²) < 4.78 is 11.6. The molecule has 0 spiro atoms. The van der Waals surface area contributed by atoms with Gasteiger partial charge in [0.2, 0.25) is 0 Å². The molecule has 0 aromatic carbocycles. The fourth-order valence-corrected chi connectivity index (χ4v) is 9.80. The predicted octanol–water partition coefficient (Wildman–Crippen LogP) is 6.90. The maximum Gasteiger partial charge on any atom is 0.303 e. The van der Waals surface area contributed by atoms with E-state index in [0.717, 1.165) is 37.0 Å². The third kappa shape index (κ3) is 4.55. The first-order chi connectivity index (χ1) is 16.8. The molecule has 0 aromatic rings. The van der Waals surface area contributed by atoms with Gasteiger partial charge in [0.15, 0.2) is 11.4 Å². The van der Waals surface area contributed by atoms with Crippen molar-refractivity contribution in [2.24, 2.45) is 46.3 Å². The highest BCUT2D eigenvalue weighted by atomic mass is 16.6. The van der Waals surface area contributed by atoms with Crippen molar-refractivity contribution in [1.82, 2.24) is 0 Å². The second-order valence-electron chi connectivity index (χ2n) is 13.8. The first-order valence-electron chi connectivity index (χ1n) is 14.7. The minimum Gasteiger partial charge on any atom is -0.462 e. The van der Waals surface area contributed by atoms with Crippen LogP contribution in [0.3, 0.4) is 0 Å². The van der Waals surface area contributed by atoms with Crippen LogP contribution in [0.25, 0.3) is 0 Å². The van der Waals surface area contributed by atoms with Crippen LogP contribution >= 0.6 is 0 Å². The zero-order valence-electron chi connectivity index (χ0n) is 23.9. The average Bonchev–Trinajstić information content (AvgIpc) is 3.12. The van der Waals surface area contributed by atoms with Gasteiger partial charge in [-0.3, -0.25) is 14.4 Å². The molecule has 5 unspecified atom stereocenters. The molecule has 9 atom stereocenters. The van der Waals surface area contributed by atoms with Crippen molar-refractivity contribution in [1.29, 1.82) is 0 Å². The first kappa shape index (κ1) is 27.6. The summed E-state index contributed by atoms with van der Waals surface area (Å²) in [7, 11) is 0. The van der Waals surface area contributed by atoms with E-state index in [1.165, 1.54) is 52.4 Å². The van der Waals surface area contributed by atoms with Crippen LogP contribution in [0, 0.1) is 46.3 Å². The van der Waals surface area contributed by atoms with E-state index in [4.69, 9.17) is 9.47 Å². The van der Waals surface area contributed by atoms with E-state index in [9.17, 15) is 14.4 Å². The molecule has 4 aliphatic carbocycles. The number of fused-ring (bicyclic) bond motifs is 5. The molecular weight excluding hydrogens is 452 g/mol. The number of ketones is 1. The van der Waals surface area contributed by atoms with Gasteiger partial charge in [-0.15, -0.1) is 0 Å². The van der Waals surface area contributed by atoms with E-state index >= 15 is 0 Å². The Morgan fingerprint density at radius 1 is 0.944 bits per heavy atom. The Kier molecular flexibility index (Phi) is 7.72. The van der Waals surface area contributed by atoms with Crippen molar-refractivity contribution in [3.63, 3.8) is 0 Å². The molecule has 0 radical (unpaired) electrons. The molecule has 0 amide bonds. The molecule has 4 aliphatic rings. The van der Waals surface area contributed by atoms with Gasteiger partial charge in [0.05, 0.1) is 0 Å². The number of ether oxygens (including phenoxy) is 2. The Hall–Kier alpha value is -1.39. The van der Waals surface area contributed by atoms with Gasteiger partial charge in [0.1, 0.15) is 6.10 Å². The molecule has 0 aliphatic heterocycles. The molecule has 0 N–H and O–H groups in total. The minimum atomic E-state index is -1.17. The van der Waals surface area contributed by atoms with Crippen LogP contribution in [-0.2, 0) is 23.9 Å². The molecule has 36 heavy (non-hydrogen) atoms. The summed E-state index contributed by atoms with van der Waals surface area (Å²) in [5.41, 5.74) is -1.28. The molecule has 4 fully saturated rings. The number of hydrogen-bond donors (Lipinski definition) is 0. The number of Topliss-reactive ketones (excluding diaryl/α,β-unsaturated/α-hetero) is 1. The molecule has 204 valence electrons. The van der Waals surface area contributed by atoms with Crippen molar-refractivity contribution in [2.75, 3.05) is 0 Å². The van der Waals surface area contributed by atoms with E-state index in [1.54, 1.807) is 0 Å². The lowest BCUT2D eigenvalue weighted by Crippen LogP contribution is -2.68. The van der Waals surface area contributed by atoms with E-state index in [-0.39, 0.29) is 17.9 Å². The number of carbonyl (C=O) groups is 3. The fraction of sp³-hybridized carbons (Fsp3) is 0.903. The Balaban J connectivity index is 1.59. The van der Waals surface area contributed by atoms with Gasteiger partial charge in [0.25, 0.3) is 0 Å². The second kappa shape index (κ2) is 10.1. The van der Waals surface area contributed by atoms with Crippen LogP contribution < -0.4 is 0 Å². The van der Waals surface area contributed by atoms with Crippen LogP contribution in [0.1, 0.15) is 119 Å². The summed E-state index contributed by atoms with van der Waals surface area (Å²) in [4.78, 5) is 38.1. The molecule has 0 heterocycles. The van der Waals surface area contributed by atoms with Crippen molar-refractivity contribution < 1.29 is 23.9 Å². The number of rotatable bonds is 7. The van der Waals surface area contributed by atoms with E-state index in [2.05, 4.69) is 34.6 Å². The molecule has 5 heteroatoms. The average molecular weight is 503 g/mol. The largest absolute Gasteiger partial charge is 0.462 e. The highest BCUT2D eigenvalue weighted by Gasteiger charge is 2.70. The Morgan fingerprint density at radius 2 is 1.67 bits per heavy atom. The monoisotopic (exact) mass is 502 g/mol. The van der Waals surface area contributed by atoms with Crippen LogP contribution in [-0.4, -0.2) is 29.4 Å². The first-order valence-corrected chi connectivity index (χ1v) is 14.7. The summed E-state index contributed by atoms with van der Waals surface area (Å²) in [5.74, 6) is 2.84. The quantitative estimate of drug-likeness (QED) is 0.354. The van der Waals surface area contributed by atoms with Gasteiger partial charge >= 0.3 is 11.9 Å². The normalized spacial score (nSPS) is 42.8. The molecular formula is C31H50O5. The van der Waals surface area contributed by atoms with Crippen LogP contribution in [0.15, 0.2) is 0 Å². The minimum absolute atomic E-state index is 0.0657. The topological polar surface area (TPSA) is 69.7 Å². The van der Waals surface area contributed by atoms with E-state index in [1.807, 2.05) is 0 Å². The van der Waals surface area contributed by atoms with Gasteiger partial charge in [-0.2, -0.15) is 0 Å². The highest BCUT2D eigenvalue weighted by Crippen LogP contribution is 2.69. The highest BCUT2D eigenvalue weighted by molar-refractivity contribution is 5.92. The third-order valence-electron chi connectivity index (χ3n) is 11.4. The zero-order valence-corrected chi connectivity index (χ0v) is 23.9. The van der Waals surface area contributed by atoms with E-state index in [0.29, 0.717) is 36.0 Å². The van der Waals surface area contributed by atoms with Crippen LogP contribution in [0.4, 0.5) is 0 Å². The SMILES string of the molecule is CC(=O)O[C@@H]1CCC2(C)[C@H]3CCC4(C)C(C(C)CCCC(C)C)CC[C@H]4C3CC(=O)[C@@]2(OC(C)=O)C1. The maximum absolute atomic E-state index is 14.1. The van der Waals surface area contributed by atoms with Crippen molar-refractivity contribution in [2.45, 2.75) is 131 Å². The lowest BCUT2D eigenvalue weighted by Gasteiger charge is -2.63. The van der Waals surface area contributed by atoms with Crippen LogP contribution in [0.2, 0.25) is 0 Å². The lowest BCUT2D eigenvalue weighted by atomic mass is 9.42. The lowest BCUT2D eigenvalue weighted by molar-refractivity contribution is -0.230. The van der Waals surface area contributed by atoms with Crippen molar-refractivity contribution >= 4 is 17.7 Å². The fourth-order valence-electron chi connectivity index (χ4n) is 9.80. The molecule has 0 saturated heterocycles. The summed E-state index contributed by atoms with van der Waals surface area (Å²) in [5, 5.41) is 0. The number of hydrogen-bond acceptors (Lipinski definition) is 5. The Bertz CT molecular complexity index is 865. The smallest absolute Gasteiger partial charge is 0.303 e. The maximum atomic E-state index is 14.1. The number of carbonyl (C=O) groups excluding carboxylic acids is 3. The summed E-state index contributed by atoms with van der Waals surface area (Å²) in [6, 6.07) is 0. The van der Waals surface area contributed by atoms with Gasteiger partial charge in [0, 0.05) is 32.1 Å². The van der Waals surface area contributed by atoms with Crippen LogP contribution in [0.5, 0.6) is 0 Å². The van der Waals surface area contributed by atoms with E-state index < -0.39 is 17.0 Å². The summed E-state index contributed by atoms with van der Waals surface area (Å²) >= 11 is 0. The molecule has 4 rings (SSSR count). The Morgan fingerprint density at radius 3 is 2.31 bits per heavy atom. The molecule has 0 aromatic heterocycles. The zero-order chi connectivity index (χ0) is 26.5. The van der Waals surface area contributed by atoms with Gasteiger partial charge in [-0.1, -0.05) is 53.9 Å². The summed E-state index contributed by atoms with van der Waals surface area (Å²) in [6.07, 6.45) is 10.6. The predicted molar refractivity (Wildman–Crippen MR) is 140 cm³/mol. The Labute approximate surface area is 218 Å².